The predicted molar refractivity (Wildman–Crippen MR) is 77.9 cm³/mol. The Morgan fingerprint density at radius 3 is 2.47 bits per heavy atom. The number of nitrogens with two attached hydrogens (primary N) is 1. The Bertz CT molecular complexity index is 601. The number of halogens is 2. The molecule has 0 fully saturated rings. The summed E-state index contributed by atoms with van der Waals surface area (Å²) in [6.07, 6.45) is 0. The van der Waals surface area contributed by atoms with Gasteiger partial charge in [0.05, 0.1) is 13.2 Å². The lowest BCUT2D eigenvalue weighted by Crippen LogP contribution is -2.15. The van der Waals surface area contributed by atoms with E-state index in [2.05, 4.69) is 15.9 Å². The third-order valence-electron chi connectivity index (χ3n) is 3.19. The van der Waals surface area contributed by atoms with Crippen molar-refractivity contribution in [2.24, 2.45) is 5.73 Å². The molecule has 0 spiro atoms. The van der Waals surface area contributed by atoms with Crippen LogP contribution in [-0.4, -0.2) is 7.11 Å². The molecule has 100 valence electrons. The number of hydrogen-bond donors (Lipinski definition) is 1. The highest BCUT2D eigenvalue weighted by Gasteiger charge is 2.18. The summed E-state index contributed by atoms with van der Waals surface area (Å²) >= 11 is 3.46. The quantitative estimate of drug-likeness (QED) is 0.928. The van der Waals surface area contributed by atoms with E-state index in [4.69, 9.17) is 10.5 Å². The zero-order valence-electron chi connectivity index (χ0n) is 10.8. The molecular weight excluding hydrogens is 309 g/mol. The molecule has 0 saturated heterocycles. The standard InChI is InChI=1S/C15H15BrFNO/c1-9-10(5-3-7-12(9)16)15(18)11-6-4-8-13(19-2)14(11)17/h3-8,15H,18H2,1-2H3. The van der Waals surface area contributed by atoms with Crippen molar-refractivity contribution < 1.29 is 9.13 Å². The van der Waals surface area contributed by atoms with Gasteiger partial charge in [0.2, 0.25) is 0 Å². The van der Waals surface area contributed by atoms with Crippen LogP contribution in [-0.2, 0) is 0 Å². The molecule has 2 aromatic rings. The molecule has 1 unspecified atom stereocenters. The van der Waals surface area contributed by atoms with Crippen LogP contribution in [0.5, 0.6) is 5.75 Å². The van der Waals surface area contributed by atoms with E-state index in [1.54, 1.807) is 18.2 Å². The molecule has 0 aliphatic rings. The van der Waals surface area contributed by atoms with Gasteiger partial charge in [0.1, 0.15) is 0 Å². The lowest BCUT2D eigenvalue weighted by atomic mass is 9.95. The van der Waals surface area contributed by atoms with Crippen molar-refractivity contribution in [2.75, 3.05) is 7.11 Å². The summed E-state index contributed by atoms with van der Waals surface area (Å²) in [5, 5.41) is 0. The molecule has 2 N–H and O–H groups in total. The lowest BCUT2D eigenvalue weighted by molar-refractivity contribution is 0.383. The van der Waals surface area contributed by atoms with Crippen LogP contribution in [0.25, 0.3) is 0 Å². The van der Waals surface area contributed by atoms with Crippen LogP contribution in [0.3, 0.4) is 0 Å². The molecule has 1 atom stereocenters. The molecule has 0 aromatic heterocycles. The van der Waals surface area contributed by atoms with Crippen molar-refractivity contribution in [2.45, 2.75) is 13.0 Å². The van der Waals surface area contributed by atoms with Crippen LogP contribution in [0.15, 0.2) is 40.9 Å². The molecule has 0 saturated carbocycles. The van der Waals surface area contributed by atoms with Gasteiger partial charge >= 0.3 is 0 Å². The summed E-state index contributed by atoms with van der Waals surface area (Å²) in [4.78, 5) is 0. The van der Waals surface area contributed by atoms with Gasteiger partial charge < -0.3 is 10.5 Å². The van der Waals surface area contributed by atoms with Gasteiger partial charge in [-0.15, -0.1) is 0 Å². The maximum absolute atomic E-state index is 14.2. The molecule has 0 radical (unpaired) electrons. The summed E-state index contributed by atoms with van der Waals surface area (Å²) < 4.78 is 20.2. The lowest BCUT2D eigenvalue weighted by Gasteiger charge is -2.17. The van der Waals surface area contributed by atoms with Crippen molar-refractivity contribution in [1.29, 1.82) is 0 Å². The first-order valence-electron chi connectivity index (χ1n) is 5.89. The maximum Gasteiger partial charge on any atom is 0.170 e. The van der Waals surface area contributed by atoms with Crippen molar-refractivity contribution >= 4 is 15.9 Å². The van der Waals surface area contributed by atoms with Crippen LogP contribution in [0, 0.1) is 12.7 Å². The number of rotatable bonds is 3. The van der Waals surface area contributed by atoms with E-state index in [1.807, 2.05) is 25.1 Å². The number of methoxy groups -OCH3 is 1. The first-order valence-corrected chi connectivity index (χ1v) is 6.68. The predicted octanol–water partition coefficient (Wildman–Crippen LogP) is 3.95. The topological polar surface area (TPSA) is 35.2 Å². The summed E-state index contributed by atoms with van der Waals surface area (Å²) in [5.74, 6) is -0.197. The second-order valence-corrected chi connectivity index (χ2v) is 5.15. The van der Waals surface area contributed by atoms with Crippen LogP contribution < -0.4 is 10.5 Å². The molecule has 0 amide bonds. The van der Waals surface area contributed by atoms with E-state index in [9.17, 15) is 4.39 Å². The molecule has 2 nitrogen and oxygen atoms in total. The Labute approximate surface area is 120 Å². The second-order valence-electron chi connectivity index (χ2n) is 4.30. The summed E-state index contributed by atoms with van der Waals surface area (Å²) in [5.41, 5.74) is 8.53. The van der Waals surface area contributed by atoms with Crippen molar-refractivity contribution in [3.63, 3.8) is 0 Å². The highest BCUT2D eigenvalue weighted by molar-refractivity contribution is 9.10. The number of hydrogen-bond acceptors (Lipinski definition) is 2. The van der Waals surface area contributed by atoms with E-state index in [0.717, 1.165) is 15.6 Å². The maximum atomic E-state index is 14.2. The number of ether oxygens (including phenoxy) is 1. The molecule has 19 heavy (non-hydrogen) atoms. The molecular formula is C15H15BrFNO. The van der Waals surface area contributed by atoms with Crippen LogP contribution in [0.1, 0.15) is 22.7 Å². The molecule has 0 bridgehead atoms. The van der Waals surface area contributed by atoms with Gasteiger partial charge in [-0.1, -0.05) is 40.2 Å². The summed E-state index contributed by atoms with van der Waals surface area (Å²) in [6, 6.07) is 10.2. The van der Waals surface area contributed by atoms with Gasteiger partial charge in [0.25, 0.3) is 0 Å². The van der Waals surface area contributed by atoms with Gasteiger partial charge in [-0.25, -0.2) is 4.39 Å². The Morgan fingerprint density at radius 1 is 1.16 bits per heavy atom. The van der Waals surface area contributed by atoms with E-state index in [-0.39, 0.29) is 5.75 Å². The molecule has 0 aliphatic heterocycles. The Balaban J connectivity index is 2.50. The highest BCUT2D eigenvalue weighted by atomic mass is 79.9. The fraction of sp³-hybridized carbons (Fsp3) is 0.200. The number of benzene rings is 2. The van der Waals surface area contributed by atoms with Gasteiger partial charge in [-0.05, 0) is 30.2 Å². The van der Waals surface area contributed by atoms with E-state index in [1.165, 1.54) is 7.11 Å². The minimum Gasteiger partial charge on any atom is -0.494 e. The molecule has 4 heteroatoms. The zero-order chi connectivity index (χ0) is 14.0. The Kier molecular flexibility index (Phi) is 4.22. The normalized spacial score (nSPS) is 12.3. The summed E-state index contributed by atoms with van der Waals surface area (Å²) in [7, 11) is 1.44. The first kappa shape index (κ1) is 14.0. The van der Waals surface area contributed by atoms with E-state index in [0.29, 0.717) is 5.56 Å². The Morgan fingerprint density at radius 2 is 1.79 bits per heavy atom. The molecule has 2 aromatic carbocycles. The molecule has 0 aliphatic carbocycles. The van der Waals surface area contributed by atoms with Gasteiger partial charge in [0, 0.05) is 10.0 Å². The average molecular weight is 324 g/mol. The monoisotopic (exact) mass is 323 g/mol. The smallest absolute Gasteiger partial charge is 0.170 e. The first-order chi connectivity index (χ1) is 9.06. The van der Waals surface area contributed by atoms with Crippen LogP contribution >= 0.6 is 15.9 Å². The van der Waals surface area contributed by atoms with Crippen molar-refractivity contribution in [3.05, 3.63) is 63.4 Å². The second kappa shape index (κ2) is 5.72. The van der Waals surface area contributed by atoms with E-state index >= 15 is 0 Å². The van der Waals surface area contributed by atoms with Crippen LogP contribution in [0.4, 0.5) is 4.39 Å². The van der Waals surface area contributed by atoms with Crippen molar-refractivity contribution in [3.8, 4) is 5.75 Å². The molecule has 0 heterocycles. The highest BCUT2D eigenvalue weighted by Crippen LogP contribution is 2.31. The summed E-state index contributed by atoms with van der Waals surface area (Å²) in [6.45, 7) is 1.96. The third-order valence-corrected chi connectivity index (χ3v) is 4.05. The Hall–Kier alpha value is -1.39. The van der Waals surface area contributed by atoms with E-state index < -0.39 is 11.9 Å². The fourth-order valence-corrected chi connectivity index (χ4v) is 2.44. The fourth-order valence-electron chi connectivity index (χ4n) is 2.05. The van der Waals surface area contributed by atoms with Crippen molar-refractivity contribution in [1.82, 2.24) is 0 Å². The van der Waals surface area contributed by atoms with Gasteiger partial charge in [0.15, 0.2) is 11.6 Å². The van der Waals surface area contributed by atoms with Crippen LogP contribution in [0.2, 0.25) is 0 Å². The third kappa shape index (κ3) is 2.65. The van der Waals surface area contributed by atoms with Gasteiger partial charge in [-0.2, -0.15) is 0 Å². The zero-order valence-corrected chi connectivity index (χ0v) is 12.4. The minimum absolute atomic E-state index is 0.209. The minimum atomic E-state index is -0.521. The average Bonchev–Trinajstić information content (AvgIpc) is 2.41. The van der Waals surface area contributed by atoms with Gasteiger partial charge in [-0.3, -0.25) is 0 Å². The molecule has 2 rings (SSSR count). The largest absolute Gasteiger partial charge is 0.494 e. The SMILES string of the molecule is COc1cccc(C(N)c2cccc(Br)c2C)c1F.